The van der Waals surface area contributed by atoms with Gasteiger partial charge in [-0.25, -0.2) is 0 Å². The summed E-state index contributed by atoms with van der Waals surface area (Å²) in [5.74, 6) is -0.673. The second-order valence-electron chi connectivity index (χ2n) is 3.89. The van der Waals surface area contributed by atoms with E-state index in [4.69, 9.17) is 0 Å². The van der Waals surface area contributed by atoms with Crippen molar-refractivity contribution >= 4 is 39.9 Å². The van der Waals surface area contributed by atoms with E-state index < -0.39 is 10.8 Å². The van der Waals surface area contributed by atoms with E-state index in [1.54, 1.807) is 24.3 Å². The number of amides is 1. The van der Waals surface area contributed by atoms with E-state index >= 15 is 0 Å². The topological polar surface area (TPSA) is 92.5 Å². The molecular formula is C13H9IN2O4. The lowest BCUT2D eigenvalue weighted by molar-refractivity contribution is -0.384. The maximum Gasteiger partial charge on any atom is 0.296 e. The predicted molar refractivity (Wildman–Crippen MR) is 81.9 cm³/mol. The highest BCUT2D eigenvalue weighted by atomic mass is 127. The number of nitro benzene ring substituents is 1. The van der Waals surface area contributed by atoms with Gasteiger partial charge in [0.05, 0.1) is 16.6 Å². The number of carbonyl (C=O) groups is 1. The summed E-state index contributed by atoms with van der Waals surface area (Å²) in [5.41, 5.74) is 0.109. The zero-order valence-electron chi connectivity index (χ0n) is 10.0. The molecule has 1 amide bonds. The molecule has 0 spiro atoms. The van der Waals surface area contributed by atoms with Crippen molar-refractivity contribution in [2.75, 3.05) is 5.32 Å². The fourth-order valence-corrected chi connectivity index (χ4v) is 2.24. The van der Waals surface area contributed by atoms with Crippen molar-refractivity contribution in [2.45, 2.75) is 0 Å². The van der Waals surface area contributed by atoms with Crippen LogP contribution in [-0.4, -0.2) is 15.9 Å². The summed E-state index contributed by atoms with van der Waals surface area (Å²) in [6.45, 7) is 0. The molecule has 0 atom stereocenters. The lowest BCUT2D eigenvalue weighted by Crippen LogP contribution is -2.14. The van der Waals surface area contributed by atoms with E-state index in [1.807, 2.05) is 22.6 Å². The van der Waals surface area contributed by atoms with E-state index in [9.17, 15) is 20.0 Å². The lowest BCUT2D eigenvalue weighted by atomic mass is 10.2. The van der Waals surface area contributed by atoms with Crippen molar-refractivity contribution in [3.8, 4) is 5.75 Å². The SMILES string of the molecule is O=C(Nc1ccc(O)cc1[N+](=O)[O-])c1ccccc1I. The van der Waals surface area contributed by atoms with Crippen molar-refractivity contribution in [3.63, 3.8) is 0 Å². The number of carbonyl (C=O) groups excluding carboxylic acids is 1. The summed E-state index contributed by atoms with van der Waals surface area (Å²) in [6, 6.07) is 10.5. The minimum Gasteiger partial charge on any atom is -0.508 e. The zero-order valence-corrected chi connectivity index (χ0v) is 12.2. The third-order valence-electron chi connectivity index (χ3n) is 2.54. The van der Waals surface area contributed by atoms with E-state index in [2.05, 4.69) is 5.32 Å². The van der Waals surface area contributed by atoms with Crippen LogP contribution in [0.25, 0.3) is 0 Å². The van der Waals surface area contributed by atoms with Gasteiger partial charge in [0.1, 0.15) is 11.4 Å². The number of aromatic hydroxyl groups is 1. The van der Waals surface area contributed by atoms with Gasteiger partial charge in [-0.1, -0.05) is 12.1 Å². The number of rotatable bonds is 3. The summed E-state index contributed by atoms with van der Waals surface area (Å²) in [7, 11) is 0. The molecule has 2 aromatic carbocycles. The number of anilines is 1. The molecule has 0 heterocycles. The fraction of sp³-hybridized carbons (Fsp3) is 0. The van der Waals surface area contributed by atoms with Gasteiger partial charge in [-0.15, -0.1) is 0 Å². The monoisotopic (exact) mass is 384 g/mol. The van der Waals surface area contributed by atoms with Crippen molar-refractivity contribution < 1.29 is 14.8 Å². The maximum atomic E-state index is 12.1. The van der Waals surface area contributed by atoms with Gasteiger partial charge in [-0.2, -0.15) is 0 Å². The summed E-state index contributed by atoms with van der Waals surface area (Å²) in [4.78, 5) is 22.3. The van der Waals surface area contributed by atoms with Gasteiger partial charge in [-0.05, 0) is 46.9 Å². The number of benzene rings is 2. The molecule has 0 aliphatic heterocycles. The summed E-state index contributed by atoms with van der Waals surface area (Å²) >= 11 is 2.01. The van der Waals surface area contributed by atoms with Crippen LogP contribution in [0.4, 0.5) is 11.4 Å². The molecule has 20 heavy (non-hydrogen) atoms. The van der Waals surface area contributed by atoms with E-state index in [-0.39, 0.29) is 17.1 Å². The minimum atomic E-state index is -0.661. The Bertz CT molecular complexity index is 688. The third-order valence-corrected chi connectivity index (χ3v) is 3.49. The molecular weight excluding hydrogens is 375 g/mol. The summed E-state index contributed by atoms with van der Waals surface area (Å²) in [6.07, 6.45) is 0. The summed E-state index contributed by atoms with van der Waals surface area (Å²) in [5, 5.41) is 22.6. The van der Waals surface area contributed by atoms with Crippen LogP contribution in [0, 0.1) is 13.7 Å². The van der Waals surface area contributed by atoms with Crippen molar-refractivity contribution in [1.29, 1.82) is 0 Å². The van der Waals surface area contributed by atoms with Crippen LogP contribution in [0.1, 0.15) is 10.4 Å². The highest BCUT2D eigenvalue weighted by Gasteiger charge is 2.18. The molecule has 102 valence electrons. The van der Waals surface area contributed by atoms with E-state index in [0.29, 0.717) is 5.56 Å². The molecule has 0 bridgehead atoms. The summed E-state index contributed by atoms with van der Waals surface area (Å²) < 4.78 is 0.740. The Labute approximate surface area is 127 Å². The maximum absolute atomic E-state index is 12.1. The Kier molecular flexibility index (Phi) is 4.18. The second-order valence-corrected chi connectivity index (χ2v) is 5.05. The first kappa shape index (κ1) is 14.3. The van der Waals surface area contributed by atoms with Gasteiger partial charge in [-0.3, -0.25) is 14.9 Å². The van der Waals surface area contributed by atoms with Crippen molar-refractivity contribution in [2.24, 2.45) is 0 Å². The van der Waals surface area contributed by atoms with Gasteiger partial charge >= 0.3 is 0 Å². The standard InChI is InChI=1S/C13H9IN2O4/c14-10-4-2-1-3-9(10)13(18)15-11-6-5-8(17)7-12(11)16(19)20/h1-7,17H,(H,15,18). The third kappa shape index (κ3) is 3.05. The Morgan fingerprint density at radius 2 is 1.95 bits per heavy atom. The Hall–Kier alpha value is -2.16. The molecule has 2 rings (SSSR count). The number of hydrogen-bond acceptors (Lipinski definition) is 4. The molecule has 0 saturated carbocycles. The van der Waals surface area contributed by atoms with E-state index in [0.717, 1.165) is 9.64 Å². The van der Waals surface area contributed by atoms with Crippen LogP contribution in [0.5, 0.6) is 5.75 Å². The minimum absolute atomic E-state index is 0.0393. The molecule has 0 aliphatic rings. The molecule has 0 unspecified atom stereocenters. The average molecular weight is 384 g/mol. The first-order valence-corrected chi connectivity index (χ1v) is 6.60. The molecule has 2 aromatic rings. The molecule has 0 fully saturated rings. The predicted octanol–water partition coefficient (Wildman–Crippen LogP) is 3.16. The number of nitrogens with zero attached hydrogens (tertiary/aromatic N) is 1. The number of nitrogens with one attached hydrogen (secondary N) is 1. The van der Waals surface area contributed by atoms with Crippen LogP contribution in [0.2, 0.25) is 0 Å². The molecule has 2 N–H and O–H groups in total. The number of phenols is 1. The Morgan fingerprint density at radius 1 is 1.25 bits per heavy atom. The van der Waals surface area contributed by atoms with Gasteiger partial charge < -0.3 is 10.4 Å². The van der Waals surface area contributed by atoms with Crippen molar-refractivity contribution in [1.82, 2.24) is 0 Å². The van der Waals surface area contributed by atoms with Gasteiger partial charge in [0.2, 0.25) is 0 Å². The number of nitro groups is 1. The van der Waals surface area contributed by atoms with Crippen LogP contribution in [0.3, 0.4) is 0 Å². The molecule has 0 aliphatic carbocycles. The zero-order chi connectivity index (χ0) is 14.7. The lowest BCUT2D eigenvalue weighted by Gasteiger charge is -2.07. The molecule has 7 heteroatoms. The first-order chi connectivity index (χ1) is 9.49. The fourth-order valence-electron chi connectivity index (χ4n) is 1.61. The Morgan fingerprint density at radius 3 is 2.60 bits per heavy atom. The number of hydrogen-bond donors (Lipinski definition) is 2. The Balaban J connectivity index is 2.33. The van der Waals surface area contributed by atoms with Crippen LogP contribution in [-0.2, 0) is 0 Å². The quantitative estimate of drug-likeness (QED) is 0.368. The number of phenolic OH excluding ortho intramolecular Hbond substituents is 1. The van der Waals surface area contributed by atoms with Gasteiger partial charge in [0, 0.05) is 3.57 Å². The molecule has 0 aromatic heterocycles. The van der Waals surface area contributed by atoms with Gasteiger partial charge in [0.25, 0.3) is 11.6 Å². The smallest absolute Gasteiger partial charge is 0.296 e. The van der Waals surface area contributed by atoms with Crippen LogP contribution < -0.4 is 5.32 Å². The average Bonchev–Trinajstić information content (AvgIpc) is 2.41. The van der Waals surface area contributed by atoms with Crippen molar-refractivity contribution in [3.05, 3.63) is 61.7 Å². The van der Waals surface area contributed by atoms with Crippen LogP contribution >= 0.6 is 22.6 Å². The first-order valence-electron chi connectivity index (χ1n) is 5.52. The molecule has 6 nitrogen and oxygen atoms in total. The number of halogens is 1. The van der Waals surface area contributed by atoms with Crippen LogP contribution in [0.15, 0.2) is 42.5 Å². The highest BCUT2D eigenvalue weighted by molar-refractivity contribution is 14.1. The largest absolute Gasteiger partial charge is 0.508 e. The highest BCUT2D eigenvalue weighted by Crippen LogP contribution is 2.29. The van der Waals surface area contributed by atoms with Gasteiger partial charge in [0.15, 0.2) is 0 Å². The second kappa shape index (κ2) is 5.87. The van der Waals surface area contributed by atoms with E-state index in [1.165, 1.54) is 12.1 Å². The molecule has 0 saturated heterocycles. The molecule has 0 radical (unpaired) electrons. The normalized spacial score (nSPS) is 10.1.